The molecule has 1 aliphatic rings. The molecule has 8 heteroatoms. The van der Waals surface area contributed by atoms with Gasteiger partial charge in [0, 0.05) is 50.7 Å². The molecule has 32 heavy (non-hydrogen) atoms. The van der Waals surface area contributed by atoms with E-state index in [4.69, 9.17) is 4.98 Å². The Bertz CT molecular complexity index is 1160. The van der Waals surface area contributed by atoms with E-state index in [1.807, 2.05) is 63.2 Å². The summed E-state index contributed by atoms with van der Waals surface area (Å²) < 4.78 is 0. The minimum atomic E-state index is -0.193. The lowest BCUT2D eigenvalue weighted by Gasteiger charge is -2.19. The van der Waals surface area contributed by atoms with E-state index in [1.54, 1.807) is 17.2 Å². The molecule has 4 rings (SSSR count). The van der Waals surface area contributed by atoms with Crippen LogP contribution in [0.15, 0.2) is 42.6 Å². The number of nitrogens with zero attached hydrogens (tertiary/aromatic N) is 5. The van der Waals surface area contributed by atoms with Crippen LogP contribution < -0.4 is 10.2 Å². The lowest BCUT2D eigenvalue weighted by Crippen LogP contribution is -2.32. The van der Waals surface area contributed by atoms with Crippen molar-refractivity contribution in [1.29, 1.82) is 0 Å². The lowest BCUT2D eigenvalue weighted by molar-refractivity contribution is 0.0785. The zero-order chi connectivity index (χ0) is 22.8. The maximum absolute atomic E-state index is 13.2. The number of amides is 2. The summed E-state index contributed by atoms with van der Waals surface area (Å²) in [6.45, 7) is 4.90. The predicted octanol–water partition coefficient (Wildman–Crippen LogP) is 2.86. The number of rotatable bonds is 5. The van der Waals surface area contributed by atoms with Gasteiger partial charge in [0.25, 0.3) is 11.8 Å². The molecule has 1 aliphatic heterocycles. The van der Waals surface area contributed by atoms with E-state index in [9.17, 15) is 9.59 Å². The molecule has 0 aliphatic carbocycles. The lowest BCUT2D eigenvalue weighted by atomic mass is 9.99. The number of para-hydroxylation sites is 1. The molecule has 1 saturated heterocycles. The smallest absolute Gasteiger partial charge is 0.272 e. The summed E-state index contributed by atoms with van der Waals surface area (Å²) in [6, 6.07) is 11.4. The molecular weight excluding hydrogens is 404 g/mol. The van der Waals surface area contributed by atoms with Crippen LogP contribution in [0.3, 0.4) is 0 Å². The first-order valence-corrected chi connectivity index (χ1v) is 10.8. The van der Waals surface area contributed by atoms with E-state index < -0.39 is 0 Å². The average molecular weight is 433 g/mol. The fraction of sp³-hybridized carbons (Fsp3) is 0.375. The number of benzene rings is 1. The van der Waals surface area contributed by atoms with Crippen LogP contribution in [0.1, 0.15) is 52.7 Å². The first-order chi connectivity index (χ1) is 15.3. The number of carbonyl (C=O) groups is 2. The van der Waals surface area contributed by atoms with Crippen molar-refractivity contribution in [1.82, 2.24) is 25.2 Å². The van der Waals surface area contributed by atoms with Crippen molar-refractivity contribution in [3.05, 3.63) is 59.5 Å². The number of hydrogen-bond acceptors (Lipinski definition) is 6. The Labute approximate surface area is 187 Å². The summed E-state index contributed by atoms with van der Waals surface area (Å²) in [4.78, 5) is 43.1. The molecule has 0 bridgehead atoms. The molecule has 0 spiro atoms. The van der Waals surface area contributed by atoms with Gasteiger partial charge in [-0.15, -0.1) is 0 Å². The van der Waals surface area contributed by atoms with Crippen molar-refractivity contribution in [2.24, 2.45) is 0 Å². The van der Waals surface area contributed by atoms with E-state index in [0.29, 0.717) is 36.0 Å². The number of carbonyl (C=O) groups excluding carboxylic acids is 2. The third kappa shape index (κ3) is 4.39. The second kappa shape index (κ2) is 8.90. The van der Waals surface area contributed by atoms with Gasteiger partial charge >= 0.3 is 0 Å². The van der Waals surface area contributed by atoms with E-state index in [1.165, 1.54) is 0 Å². The fourth-order valence-corrected chi connectivity index (χ4v) is 3.94. The van der Waals surface area contributed by atoms with Crippen LogP contribution in [0.25, 0.3) is 10.9 Å². The standard InChI is InChI=1S/C24H28N6O2/c1-15(2)26-22(31)18-13-25-24(29(3)4)28-21(18)17-11-12-30(14-17)23(32)20-10-9-16-7-5-6-8-19(16)27-20/h5-10,13,15,17H,11-12,14H2,1-4H3,(H,26,31). The van der Waals surface area contributed by atoms with Crippen molar-refractivity contribution >= 4 is 28.7 Å². The average Bonchev–Trinajstić information content (AvgIpc) is 3.27. The Morgan fingerprint density at radius 2 is 1.91 bits per heavy atom. The molecule has 2 amide bonds. The molecule has 3 aromatic rings. The third-order valence-electron chi connectivity index (χ3n) is 5.55. The van der Waals surface area contributed by atoms with E-state index in [-0.39, 0.29) is 23.8 Å². The summed E-state index contributed by atoms with van der Waals surface area (Å²) in [5.41, 5.74) is 2.38. The van der Waals surface area contributed by atoms with Crippen LogP contribution in [0.4, 0.5) is 5.95 Å². The molecular formula is C24H28N6O2. The zero-order valence-electron chi connectivity index (χ0n) is 18.9. The summed E-state index contributed by atoms with van der Waals surface area (Å²) in [6.07, 6.45) is 2.32. The van der Waals surface area contributed by atoms with Crippen molar-refractivity contribution in [2.45, 2.75) is 32.2 Å². The zero-order valence-corrected chi connectivity index (χ0v) is 18.9. The van der Waals surface area contributed by atoms with Crippen LogP contribution in [-0.4, -0.2) is 64.9 Å². The fourth-order valence-electron chi connectivity index (χ4n) is 3.94. The quantitative estimate of drug-likeness (QED) is 0.667. The SMILES string of the molecule is CC(C)NC(=O)c1cnc(N(C)C)nc1C1CCN(C(=O)c2ccc3ccccc3n2)C1. The monoisotopic (exact) mass is 432 g/mol. The molecule has 166 valence electrons. The molecule has 1 atom stereocenters. The van der Waals surface area contributed by atoms with Crippen molar-refractivity contribution in [3.63, 3.8) is 0 Å². The molecule has 3 heterocycles. The number of likely N-dealkylation sites (tertiary alicyclic amines) is 1. The van der Waals surface area contributed by atoms with Gasteiger partial charge in [-0.25, -0.2) is 15.0 Å². The van der Waals surface area contributed by atoms with E-state index >= 15 is 0 Å². The van der Waals surface area contributed by atoms with Crippen molar-refractivity contribution in [3.8, 4) is 0 Å². The summed E-state index contributed by atoms with van der Waals surface area (Å²) >= 11 is 0. The predicted molar refractivity (Wildman–Crippen MR) is 124 cm³/mol. The maximum Gasteiger partial charge on any atom is 0.272 e. The van der Waals surface area contributed by atoms with Crippen LogP contribution in [0.2, 0.25) is 0 Å². The second-order valence-electron chi connectivity index (χ2n) is 8.62. The Balaban J connectivity index is 1.59. The maximum atomic E-state index is 13.2. The highest BCUT2D eigenvalue weighted by Gasteiger charge is 2.32. The molecule has 1 fully saturated rings. The molecule has 0 radical (unpaired) electrons. The van der Waals surface area contributed by atoms with Gasteiger partial charge < -0.3 is 15.1 Å². The van der Waals surface area contributed by atoms with Gasteiger partial charge in [0.15, 0.2) is 0 Å². The number of nitrogens with one attached hydrogen (secondary N) is 1. The van der Waals surface area contributed by atoms with Gasteiger partial charge in [0.1, 0.15) is 5.69 Å². The van der Waals surface area contributed by atoms with Crippen LogP contribution >= 0.6 is 0 Å². The van der Waals surface area contributed by atoms with Gasteiger partial charge in [-0.2, -0.15) is 0 Å². The highest BCUT2D eigenvalue weighted by Crippen LogP contribution is 2.30. The number of aromatic nitrogens is 3. The summed E-state index contributed by atoms with van der Waals surface area (Å²) in [7, 11) is 3.73. The Morgan fingerprint density at radius 1 is 1.12 bits per heavy atom. The molecule has 0 saturated carbocycles. The van der Waals surface area contributed by atoms with Gasteiger partial charge in [-0.3, -0.25) is 9.59 Å². The number of fused-ring (bicyclic) bond motifs is 1. The topological polar surface area (TPSA) is 91.3 Å². The van der Waals surface area contributed by atoms with E-state index in [0.717, 1.165) is 17.3 Å². The van der Waals surface area contributed by atoms with Gasteiger partial charge in [0.2, 0.25) is 5.95 Å². The summed E-state index contributed by atoms with van der Waals surface area (Å²) in [5.74, 6) is 0.200. The number of pyridine rings is 1. The van der Waals surface area contributed by atoms with Gasteiger partial charge in [-0.1, -0.05) is 24.3 Å². The highest BCUT2D eigenvalue weighted by molar-refractivity contribution is 5.96. The number of hydrogen-bond donors (Lipinski definition) is 1. The van der Waals surface area contributed by atoms with E-state index in [2.05, 4.69) is 15.3 Å². The van der Waals surface area contributed by atoms with Gasteiger partial charge in [0.05, 0.1) is 16.8 Å². The normalized spacial score (nSPS) is 15.9. The number of anilines is 1. The Kier molecular flexibility index (Phi) is 6.03. The molecule has 8 nitrogen and oxygen atoms in total. The highest BCUT2D eigenvalue weighted by atomic mass is 16.2. The Hall–Kier alpha value is -3.55. The Morgan fingerprint density at radius 3 is 2.66 bits per heavy atom. The van der Waals surface area contributed by atoms with Crippen LogP contribution in [0, 0.1) is 0 Å². The molecule has 1 unspecified atom stereocenters. The molecule has 1 N–H and O–H groups in total. The van der Waals surface area contributed by atoms with Crippen LogP contribution in [-0.2, 0) is 0 Å². The molecule has 2 aromatic heterocycles. The second-order valence-corrected chi connectivity index (χ2v) is 8.62. The summed E-state index contributed by atoms with van der Waals surface area (Å²) in [5, 5.41) is 3.93. The minimum absolute atomic E-state index is 0.00417. The van der Waals surface area contributed by atoms with Crippen molar-refractivity contribution < 1.29 is 9.59 Å². The van der Waals surface area contributed by atoms with Crippen molar-refractivity contribution in [2.75, 3.05) is 32.1 Å². The molecule has 1 aromatic carbocycles. The first kappa shape index (κ1) is 21.7. The minimum Gasteiger partial charge on any atom is -0.350 e. The largest absolute Gasteiger partial charge is 0.350 e. The third-order valence-corrected chi connectivity index (χ3v) is 5.55. The van der Waals surface area contributed by atoms with Crippen LogP contribution in [0.5, 0.6) is 0 Å². The first-order valence-electron chi connectivity index (χ1n) is 10.8. The van der Waals surface area contributed by atoms with Gasteiger partial charge in [-0.05, 0) is 32.4 Å².